The van der Waals surface area contributed by atoms with Crippen molar-refractivity contribution in [2.24, 2.45) is 0 Å². The largest absolute Gasteiger partial charge is 0.496 e. The van der Waals surface area contributed by atoms with Crippen LogP contribution in [-0.2, 0) is 0 Å². The summed E-state index contributed by atoms with van der Waals surface area (Å²) in [5.74, 6) is 0.762. The molecular formula is C17H17N3O. The predicted molar refractivity (Wildman–Crippen MR) is 84.7 cm³/mol. The van der Waals surface area contributed by atoms with Crippen molar-refractivity contribution in [3.8, 4) is 22.7 Å². The maximum Gasteiger partial charge on any atom is 0.128 e. The predicted octanol–water partition coefficient (Wildman–Crippen LogP) is 3.44. The third kappa shape index (κ3) is 2.48. The van der Waals surface area contributed by atoms with E-state index in [9.17, 15) is 0 Å². The molecule has 2 N–H and O–H groups in total. The number of nitrogens with two attached hydrogens (primary N) is 1. The molecule has 0 spiro atoms. The van der Waals surface area contributed by atoms with Crippen LogP contribution in [0.4, 0.5) is 5.69 Å². The van der Waals surface area contributed by atoms with E-state index in [0.717, 1.165) is 22.7 Å². The smallest absolute Gasteiger partial charge is 0.128 e. The minimum Gasteiger partial charge on any atom is -0.496 e. The fourth-order valence-electron chi connectivity index (χ4n) is 2.27. The number of benzene rings is 2. The first-order valence-corrected chi connectivity index (χ1v) is 6.74. The van der Waals surface area contributed by atoms with E-state index in [2.05, 4.69) is 24.2 Å². The number of rotatable bonds is 3. The molecule has 0 saturated heterocycles. The molecule has 1 heterocycles. The van der Waals surface area contributed by atoms with E-state index in [1.165, 1.54) is 5.56 Å². The Morgan fingerprint density at radius 2 is 1.76 bits per heavy atom. The summed E-state index contributed by atoms with van der Waals surface area (Å²) in [5.41, 5.74) is 10.6. The summed E-state index contributed by atoms with van der Waals surface area (Å²) < 4.78 is 7.17. The molecule has 0 aliphatic carbocycles. The van der Waals surface area contributed by atoms with Gasteiger partial charge in [0.15, 0.2) is 0 Å². The maximum absolute atomic E-state index is 6.13. The average Bonchev–Trinajstić information content (AvgIpc) is 2.89. The Balaban J connectivity index is 2.07. The number of aryl methyl sites for hydroxylation is 1. The van der Waals surface area contributed by atoms with Crippen LogP contribution in [0.25, 0.3) is 16.9 Å². The Bertz CT molecular complexity index is 760. The Kier molecular flexibility index (Phi) is 3.36. The molecule has 4 heteroatoms. The molecule has 0 aliphatic rings. The summed E-state index contributed by atoms with van der Waals surface area (Å²) in [4.78, 5) is 0. The topological polar surface area (TPSA) is 53.1 Å². The molecule has 0 amide bonds. The van der Waals surface area contributed by atoms with Crippen LogP contribution in [0, 0.1) is 6.92 Å². The molecule has 1 aromatic heterocycles. The highest BCUT2D eigenvalue weighted by molar-refractivity contribution is 5.77. The monoisotopic (exact) mass is 279 g/mol. The molecule has 0 radical (unpaired) electrons. The molecule has 0 saturated carbocycles. The first kappa shape index (κ1) is 13.2. The summed E-state index contributed by atoms with van der Waals surface area (Å²) in [5, 5.41) is 4.60. The van der Waals surface area contributed by atoms with Crippen LogP contribution >= 0.6 is 0 Å². The lowest BCUT2D eigenvalue weighted by Crippen LogP contribution is -1.95. The van der Waals surface area contributed by atoms with Crippen LogP contribution in [0.15, 0.2) is 54.7 Å². The first-order chi connectivity index (χ1) is 10.2. The van der Waals surface area contributed by atoms with Gasteiger partial charge < -0.3 is 10.5 Å². The number of hydrogen-bond donors (Lipinski definition) is 1. The number of anilines is 1. The maximum atomic E-state index is 6.13. The van der Waals surface area contributed by atoms with E-state index in [4.69, 9.17) is 10.5 Å². The standard InChI is InChI=1S/C17H17N3O/c1-12-7-9-13(10-8-12)20-11-15(18)17(19-20)14-5-3-4-6-16(14)21-2/h3-11H,18H2,1-2H3. The second-order valence-corrected chi connectivity index (χ2v) is 4.91. The molecular weight excluding hydrogens is 262 g/mol. The Hall–Kier alpha value is -2.75. The number of nitrogens with zero attached hydrogens (tertiary/aromatic N) is 2. The van der Waals surface area contributed by atoms with Gasteiger partial charge in [-0.1, -0.05) is 29.8 Å². The third-order valence-electron chi connectivity index (χ3n) is 3.40. The minimum absolute atomic E-state index is 0.625. The van der Waals surface area contributed by atoms with Crippen molar-refractivity contribution in [1.29, 1.82) is 0 Å². The second-order valence-electron chi connectivity index (χ2n) is 4.91. The summed E-state index contributed by atoms with van der Waals surface area (Å²) in [6, 6.07) is 15.9. The number of hydrogen-bond acceptors (Lipinski definition) is 3. The lowest BCUT2D eigenvalue weighted by molar-refractivity contribution is 0.416. The molecule has 0 bridgehead atoms. The summed E-state index contributed by atoms with van der Waals surface area (Å²) in [7, 11) is 1.64. The lowest BCUT2D eigenvalue weighted by Gasteiger charge is -2.06. The Morgan fingerprint density at radius 3 is 2.48 bits per heavy atom. The van der Waals surface area contributed by atoms with Crippen LogP contribution in [0.3, 0.4) is 0 Å². The van der Waals surface area contributed by atoms with E-state index >= 15 is 0 Å². The number of ether oxygens (including phenoxy) is 1. The van der Waals surface area contributed by atoms with E-state index in [1.807, 2.05) is 42.6 Å². The third-order valence-corrected chi connectivity index (χ3v) is 3.40. The van der Waals surface area contributed by atoms with E-state index in [0.29, 0.717) is 5.69 Å². The van der Waals surface area contributed by atoms with Gasteiger partial charge in [0, 0.05) is 5.56 Å². The van der Waals surface area contributed by atoms with Crippen molar-refractivity contribution in [1.82, 2.24) is 9.78 Å². The zero-order valence-electron chi connectivity index (χ0n) is 12.1. The van der Waals surface area contributed by atoms with Crippen LogP contribution < -0.4 is 10.5 Å². The van der Waals surface area contributed by atoms with Crippen molar-refractivity contribution in [2.45, 2.75) is 6.92 Å². The van der Waals surface area contributed by atoms with Gasteiger partial charge in [0.05, 0.1) is 24.7 Å². The van der Waals surface area contributed by atoms with Crippen molar-refractivity contribution >= 4 is 5.69 Å². The molecule has 21 heavy (non-hydrogen) atoms. The number of nitrogen functional groups attached to an aromatic ring is 1. The number of para-hydroxylation sites is 1. The van der Waals surface area contributed by atoms with Gasteiger partial charge in [-0.25, -0.2) is 4.68 Å². The minimum atomic E-state index is 0.625. The van der Waals surface area contributed by atoms with Gasteiger partial charge in [0.2, 0.25) is 0 Å². The van der Waals surface area contributed by atoms with Gasteiger partial charge in [-0.05, 0) is 31.2 Å². The normalized spacial score (nSPS) is 10.6. The molecule has 2 aromatic carbocycles. The first-order valence-electron chi connectivity index (χ1n) is 6.74. The summed E-state index contributed by atoms with van der Waals surface area (Å²) in [6.45, 7) is 2.06. The average molecular weight is 279 g/mol. The van der Waals surface area contributed by atoms with Crippen molar-refractivity contribution in [3.05, 3.63) is 60.3 Å². The summed E-state index contributed by atoms with van der Waals surface area (Å²) in [6.07, 6.45) is 1.83. The lowest BCUT2D eigenvalue weighted by atomic mass is 10.1. The van der Waals surface area contributed by atoms with Crippen LogP contribution in [0.5, 0.6) is 5.75 Å². The van der Waals surface area contributed by atoms with Gasteiger partial charge in [-0.3, -0.25) is 0 Å². The molecule has 0 unspecified atom stereocenters. The van der Waals surface area contributed by atoms with E-state index in [1.54, 1.807) is 11.8 Å². The van der Waals surface area contributed by atoms with Crippen LogP contribution in [-0.4, -0.2) is 16.9 Å². The fourth-order valence-corrected chi connectivity index (χ4v) is 2.27. The van der Waals surface area contributed by atoms with Gasteiger partial charge in [0.25, 0.3) is 0 Å². The Labute approximate surface area is 123 Å². The van der Waals surface area contributed by atoms with Crippen LogP contribution in [0.1, 0.15) is 5.56 Å². The molecule has 4 nitrogen and oxygen atoms in total. The van der Waals surface area contributed by atoms with Gasteiger partial charge >= 0.3 is 0 Å². The molecule has 106 valence electrons. The number of aromatic nitrogens is 2. The molecule has 0 atom stereocenters. The zero-order chi connectivity index (χ0) is 14.8. The van der Waals surface area contributed by atoms with Crippen LogP contribution in [0.2, 0.25) is 0 Å². The summed E-state index contributed by atoms with van der Waals surface area (Å²) >= 11 is 0. The molecule has 0 fully saturated rings. The fraction of sp³-hybridized carbons (Fsp3) is 0.118. The second kappa shape index (κ2) is 5.32. The van der Waals surface area contributed by atoms with E-state index < -0.39 is 0 Å². The van der Waals surface area contributed by atoms with Gasteiger partial charge in [-0.15, -0.1) is 0 Å². The highest BCUT2D eigenvalue weighted by atomic mass is 16.5. The molecule has 3 rings (SSSR count). The molecule has 0 aliphatic heterocycles. The van der Waals surface area contributed by atoms with Gasteiger partial charge in [-0.2, -0.15) is 5.10 Å². The quantitative estimate of drug-likeness (QED) is 0.799. The highest BCUT2D eigenvalue weighted by Gasteiger charge is 2.13. The molecule has 3 aromatic rings. The Morgan fingerprint density at radius 1 is 1.05 bits per heavy atom. The van der Waals surface area contributed by atoms with Crippen molar-refractivity contribution in [2.75, 3.05) is 12.8 Å². The van der Waals surface area contributed by atoms with Gasteiger partial charge in [0.1, 0.15) is 11.4 Å². The SMILES string of the molecule is COc1ccccc1-c1nn(-c2ccc(C)cc2)cc1N. The van der Waals surface area contributed by atoms with E-state index in [-0.39, 0.29) is 0 Å². The highest BCUT2D eigenvalue weighted by Crippen LogP contribution is 2.32. The number of methoxy groups -OCH3 is 1. The van der Waals surface area contributed by atoms with Crippen molar-refractivity contribution in [3.63, 3.8) is 0 Å². The zero-order valence-corrected chi connectivity index (χ0v) is 12.1. The van der Waals surface area contributed by atoms with Crippen molar-refractivity contribution < 1.29 is 4.74 Å².